The fourth-order valence-electron chi connectivity index (χ4n) is 1.27. The average molecular weight is 208 g/mol. The first-order valence-corrected chi connectivity index (χ1v) is 4.94. The van der Waals surface area contributed by atoms with Crippen LogP contribution in [-0.2, 0) is 14.3 Å². The van der Waals surface area contributed by atoms with Crippen molar-refractivity contribution in [3.63, 3.8) is 0 Å². The third kappa shape index (κ3) is 4.61. The average Bonchev–Trinajstić information content (AvgIpc) is 2.67. The summed E-state index contributed by atoms with van der Waals surface area (Å²) in [7, 11) is 0. The standard InChI is InChI=1S/C12H16O3/c1-3-4-11(6-5-10(2)13)7-12-8-14-9-15-12/h3-4,7H,1,5-6,8-9H2,2H3/b11-4-,12-7+. The van der Waals surface area contributed by atoms with Crippen LogP contribution in [0.1, 0.15) is 19.8 Å². The number of ether oxygens (including phenoxy) is 2. The first-order chi connectivity index (χ1) is 7.22. The van der Waals surface area contributed by atoms with Gasteiger partial charge in [-0.05, 0) is 25.0 Å². The van der Waals surface area contributed by atoms with Gasteiger partial charge < -0.3 is 14.3 Å². The van der Waals surface area contributed by atoms with Crippen LogP contribution in [0.4, 0.5) is 0 Å². The summed E-state index contributed by atoms with van der Waals surface area (Å²) in [6.45, 7) is 6.06. The Hall–Kier alpha value is -1.35. The molecule has 1 saturated heterocycles. The molecule has 1 aliphatic heterocycles. The number of allylic oxidation sites excluding steroid dienone is 4. The van der Waals surface area contributed by atoms with Crippen molar-refractivity contribution in [1.82, 2.24) is 0 Å². The minimum atomic E-state index is 0.187. The Labute approximate surface area is 90.1 Å². The molecule has 0 aromatic carbocycles. The second kappa shape index (κ2) is 6.19. The molecule has 0 amide bonds. The summed E-state index contributed by atoms with van der Waals surface area (Å²) in [5, 5.41) is 0. The van der Waals surface area contributed by atoms with Crippen LogP contribution >= 0.6 is 0 Å². The molecule has 0 aliphatic carbocycles. The topological polar surface area (TPSA) is 35.5 Å². The highest BCUT2D eigenvalue weighted by Gasteiger charge is 2.08. The van der Waals surface area contributed by atoms with Crippen LogP contribution in [0.5, 0.6) is 0 Å². The molecule has 0 saturated carbocycles. The van der Waals surface area contributed by atoms with E-state index < -0.39 is 0 Å². The van der Waals surface area contributed by atoms with Crippen LogP contribution in [-0.4, -0.2) is 19.2 Å². The van der Waals surface area contributed by atoms with Gasteiger partial charge >= 0.3 is 0 Å². The van der Waals surface area contributed by atoms with Gasteiger partial charge in [0.25, 0.3) is 0 Å². The molecular weight excluding hydrogens is 192 g/mol. The molecule has 0 unspecified atom stereocenters. The van der Waals surface area contributed by atoms with Crippen molar-refractivity contribution >= 4 is 5.78 Å². The summed E-state index contributed by atoms with van der Waals surface area (Å²) in [4.78, 5) is 10.9. The zero-order valence-corrected chi connectivity index (χ0v) is 8.99. The predicted molar refractivity (Wildman–Crippen MR) is 58.2 cm³/mol. The van der Waals surface area contributed by atoms with E-state index in [1.54, 1.807) is 13.0 Å². The van der Waals surface area contributed by atoms with Crippen LogP contribution in [0, 0.1) is 0 Å². The molecule has 0 atom stereocenters. The van der Waals surface area contributed by atoms with Crippen molar-refractivity contribution in [2.75, 3.05) is 13.4 Å². The van der Waals surface area contributed by atoms with E-state index in [9.17, 15) is 4.79 Å². The molecule has 0 aromatic rings. The molecule has 82 valence electrons. The lowest BCUT2D eigenvalue weighted by molar-refractivity contribution is -0.116. The van der Waals surface area contributed by atoms with Crippen LogP contribution < -0.4 is 0 Å². The number of carbonyl (C=O) groups excluding carboxylic acids is 1. The van der Waals surface area contributed by atoms with Crippen molar-refractivity contribution in [3.05, 3.63) is 36.1 Å². The van der Waals surface area contributed by atoms with Gasteiger partial charge in [-0.25, -0.2) is 0 Å². The third-order valence-electron chi connectivity index (χ3n) is 2.02. The van der Waals surface area contributed by atoms with E-state index in [-0.39, 0.29) is 5.78 Å². The monoisotopic (exact) mass is 208 g/mol. The Morgan fingerprint density at radius 1 is 1.53 bits per heavy atom. The molecule has 1 aliphatic rings. The van der Waals surface area contributed by atoms with Gasteiger partial charge in [0.1, 0.15) is 18.1 Å². The Kier molecular flexibility index (Phi) is 4.84. The summed E-state index contributed by atoms with van der Waals surface area (Å²) in [5.41, 5.74) is 1.04. The van der Waals surface area contributed by atoms with Gasteiger partial charge in [0.05, 0.1) is 0 Å². The molecule has 0 spiro atoms. The molecule has 1 rings (SSSR count). The largest absolute Gasteiger partial charge is 0.469 e. The fourth-order valence-corrected chi connectivity index (χ4v) is 1.27. The van der Waals surface area contributed by atoms with Crippen LogP contribution in [0.25, 0.3) is 0 Å². The van der Waals surface area contributed by atoms with Gasteiger partial charge in [0.15, 0.2) is 6.79 Å². The maximum Gasteiger partial charge on any atom is 0.189 e. The second-order valence-corrected chi connectivity index (χ2v) is 3.40. The fraction of sp³-hybridized carbons (Fsp3) is 0.417. The molecule has 0 radical (unpaired) electrons. The van der Waals surface area contributed by atoms with Gasteiger partial charge in [0, 0.05) is 6.42 Å². The van der Waals surface area contributed by atoms with E-state index in [0.717, 1.165) is 11.3 Å². The summed E-state index contributed by atoms with van der Waals surface area (Å²) < 4.78 is 10.3. The van der Waals surface area contributed by atoms with Gasteiger partial charge in [-0.1, -0.05) is 18.7 Å². The molecular formula is C12H16O3. The summed E-state index contributed by atoms with van der Waals surface area (Å²) in [6, 6.07) is 0. The third-order valence-corrected chi connectivity index (χ3v) is 2.02. The number of hydrogen-bond acceptors (Lipinski definition) is 3. The van der Waals surface area contributed by atoms with Gasteiger partial charge in [-0.3, -0.25) is 0 Å². The highest BCUT2D eigenvalue weighted by atomic mass is 16.7. The van der Waals surface area contributed by atoms with E-state index in [4.69, 9.17) is 9.47 Å². The van der Waals surface area contributed by atoms with Gasteiger partial charge in [-0.15, -0.1) is 0 Å². The highest BCUT2D eigenvalue weighted by molar-refractivity contribution is 5.75. The first kappa shape index (κ1) is 11.7. The van der Waals surface area contributed by atoms with Crippen molar-refractivity contribution < 1.29 is 14.3 Å². The number of hydrogen-bond donors (Lipinski definition) is 0. The smallest absolute Gasteiger partial charge is 0.189 e. The molecule has 3 heteroatoms. The lowest BCUT2D eigenvalue weighted by Gasteiger charge is -2.01. The van der Waals surface area contributed by atoms with Crippen molar-refractivity contribution in [1.29, 1.82) is 0 Å². The number of ketones is 1. The minimum Gasteiger partial charge on any atom is -0.469 e. The Morgan fingerprint density at radius 2 is 2.33 bits per heavy atom. The van der Waals surface area contributed by atoms with Crippen molar-refractivity contribution in [3.8, 4) is 0 Å². The van der Waals surface area contributed by atoms with E-state index in [0.29, 0.717) is 26.2 Å². The van der Waals surface area contributed by atoms with E-state index >= 15 is 0 Å². The summed E-state index contributed by atoms with van der Waals surface area (Å²) >= 11 is 0. The molecule has 3 nitrogen and oxygen atoms in total. The zero-order valence-electron chi connectivity index (χ0n) is 8.99. The normalized spacial score (nSPS) is 19.0. The maximum atomic E-state index is 10.9. The van der Waals surface area contributed by atoms with Crippen molar-refractivity contribution in [2.45, 2.75) is 19.8 Å². The highest BCUT2D eigenvalue weighted by Crippen LogP contribution is 2.14. The Bertz CT molecular complexity index is 292. The SMILES string of the molecule is C=C/C=C(\C=C1/COCO1)CCC(C)=O. The number of rotatable bonds is 5. The molecule has 1 heterocycles. The maximum absolute atomic E-state index is 10.9. The summed E-state index contributed by atoms with van der Waals surface area (Å²) in [5.74, 6) is 0.999. The summed E-state index contributed by atoms with van der Waals surface area (Å²) in [6.07, 6.45) is 6.77. The van der Waals surface area contributed by atoms with Gasteiger partial charge in [0.2, 0.25) is 0 Å². The lowest BCUT2D eigenvalue weighted by Crippen LogP contribution is -1.92. The number of Topliss-reactive ketones (excluding diaryl/α,β-unsaturated/α-hetero) is 1. The molecule has 0 bridgehead atoms. The number of carbonyl (C=O) groups is 1. The molecule has 15 heavy (non-hydrogen) atoms. The lowest BCUT2D eigenvalue weighted by atomic mass is 10.1. The van der Waals surface area contributed by atoms with Crippen LogP contribution in [0.15, 0.2) is 36.1 Å². The van der Waals surface area contributed by atoms with E-state index in [2.05, 4.69) is 6.58 Å². The minimum absolute atomic E-state index is 0.187. The van der Waals surface area contributed by atoms with E-state index in [1.807, 2.05) is 12.2 Å². The quantitative estimate of drug-likeness (QED) is 0.650. The Morgan fingerprint density at radius 3 is 2.87 bits per heavy atom. The molecule has 1 fully saturated rings. The second-order valence-electron chi connectivity index (χ2n) is 3.40. The van der Waals surface area contributed by atoms with Crippen molar-refractivity contribution in [2.24, 2.45) is 0 Å². The van der Waals surface area contributed by atoms with Gasteiger partial charge in [-0.2, -0.15) is 0 Å². The molecule has 0 N–H and O–H groups in total. The van der Waals surface area contributed by atoms with E-state index in [1.165, 1.54) is 0 Å². The first-order valence-electron chi connectivity index (χ1n) is 4.94. The molecule has 0 aromatic heterocycles. The van der Waals surface area contributed by atoms with Crippen LogP contribution in [0.3, 0.4) is 0 Å². The van der Waals surface area contributed by atoms with Crippen LogP contribution in [0.2, 0.25) is 0 Å². The zero-order chi connectivity index (χ0) is 11.1. The predicted octanol–water partition coefficient (Wildman–Crippen LogP) is 2.36. The Balaban J connectivity index is 2.57.